The van der Waals surface area contributed by atoms with Crippen LogP contribution in [-0.2, 0) is 4.79 Å². The van der Waals surface area contributed by atoms with E-state index in [2.05, 4.69) is 11.4 Å². The maximum atomic E-state index is 12.4. The first kappa shape index (κ1) is 18.0. The van der Waals surface area contributed by atoms with Crippen LogP contribution in [0.4, 0.5) is 10.7 Å². The number of aliphatic hydroxyl groups excluding tert-OH is 1. The first-order chi connectivity index (χ1) is 11.6. The highest BCUT2D eigenvalue weighted by molar-refractivity contribution is 7.16. The fourth-order valence-corrected chi connectivity index (χ4v) is 3.42. The number of anilines is 2. The lowest BCUT2D eigenvalue weighted by Gasteiger charge is -2.23. The van der Waals surface area contributed by atoms with E-state index in [1.54, 1.807) is 0 Å². The minimum Gasteiger partial charge on any atom is -0.396 e. The lowest BCUT2D eigenvalue weighted by atomic mass is 10.2. The summed E-state index contributed by atoms with van der Waals surface area (Å²) in [4.78, 5) is 15.4. The lowest BCUT2D eigenvalue weighted by Crippen LogP contribution is -2.34. The lowest BCUT2D eigenvalue weighted by molar-refractivity contribution is -0.115. The van der Waals surface area contributed by atoms with Crippen LogP contribution in [0.2, 0.25) is 0 Å². The Hall–Kier alpha value is -2.36. The Morgan fingerprint density at radius 1 is 1.33 bits per heavy atom. The summed E-state index contributed by atoms with van der Waals surface area (Å²) in [7, 11) is 0. The summed E-state index contributed by atoms with van der Waals surface area (Å²) in [6.45, 7) is 4.66. The normalized spacial score (nSPS) is 10.2. The molecule has 0 saturated heterocycles. The van der Waals surface area contributed by atoms with Crippen molar-refractivity contribution in [2.24, 2.45) is 0 Å². The smallest absolute Gasteiger partial charge is 0.244 e. The van der Waals surface area contributed by atoms with Crippen LogP contribution in [0.1, 0.15) is 22.4 Å². The van der Waals surface area contributed by atoms with E-state index in [1.165, 1.54) is 11.3 Å². The third kappa shape index (κ3) is 4.34. The number of nitrogens with one attached hydrogen (secondary N) is 1. The van der Waals surface area contributed by atoms with E-state index < -0.39 is 0 Å². The Morgan fingerprint density at radius 2 is 2.04 bits per heavy atom. The number of benzene rings is 1. The molecule has 1 aromatic carbocycles. The maximum absolute atomic E-state index is 12.4. The summed E-state index contributed by atoms with van der Waals surface area (Å²) in [5, 5.41) is 21.8. The molecule has 1 aromatic heterocycles. The number of hydrogen-bond donors (Lipinski definition) is 2. The molecule has 0 bridgehead atoms. The predicted molar refractivity (Wildman–Crippen MR) is 97.5 cm³/mol. The molecular formula is C18H21N3O2S. The average molecular weight is 343 g/mol. The summed E-state index contributed by atoms with van der Waals surface area (Å²) in [6, 6.07) is 11.8. The van der Waals surface area contributed by atoms with Crippen molar-refractivity contribution in [3.05, 3.63) is 46.3 Å². The van der Waals surface area contributed by atoms with Gasteiger partial charge in [-0.25, -0.2) is 0 Å². The molecule has 0 aliphatic rings. The molecule has 2 N–H and O–H groups in total. The highest BCUT2D eigenvalue weighted by atomic mass is 32.1. The number of nitriles is 1. The molecule has 0 unspecified atom stereocenters. The van der Waals surface area contributed by atoms with Crippen molar-refractivity contribution >= 4 is 27.9 Å². The summed E-state index contributed by atoms with van der Waals surface area (Å²) in [5.74, 6) is -0.172. The Kier molecular flexibility index (Phi) is 6.36. The first-order valence-corrected chi connectivity index (χ1v) is 8.59. The highest BCUT2D eigenvalue weighted by Crippen LogP contribution is 2.31. The van der Waals surface area contributed by atoms with Crippen LogP contribution in [0.25, 0.3) is 0 Å². The second-order valence-corrected chi connectivity index (χ2v) is 6.71. The van der Waals surface area contributed by atoms with E-state index in [0.29, 0.717) is 23.5 Å². The topological polar surface area (TPSA) is 76.4 Å². The molecule has 0 spiro atoms. The standard InChI is InChI=1S/C18H21N3O2S/c1-13-14(2)24-18(16(13)11-19)20-17(23)12-21(9-6-10-22)15-7-4-3-5-8-15/h3-5,7-8,22H,6,9-10,12H2,1-2H3,(H,20,23). The monoisotopic (exact) mass is 343 g/mol. The summed E-state index contributed by atoms with van der Waals surface area (Å²) in [6.07, 6.45) is 0.586. The van der Waals surface area contributed by atoms with Crippen LogP contribution in [-0.4, -0.2) is 30.7 Å². The van der Waals surface area contributed by atoms with Gasteiger partial charge in [0.25, 0.3) is 0 Å². The van der Waals surface area contributed by atoms with Crippen LogP contribution in [0.3, 0.4) is 0 Å². The molecule has 0 aliphatic heterocycles. The number of nitrogens with zero attached hydrogens (tertiary/aromatic N) is 2. The quantitative estimate of drug-likeness (QED) is 0.810. The van der Waals surface area contributed by atoms with Crippen molar-refractivity contribution < 1.29 is 9.90 Å². The third-order valence-electron chi connectivity index (χ3n) is 3.79. The Balaban J connectivity index is 2.11. The summed E-state index contributed by atoms with van der Waals surface area (Å²) >= 11 is 1.42. The minimum atomic E-state index is -0.172. The summed E-state index contributed by atoms with van der Waals surface area (Å²) < 4.78 is 0. The Morgan fingerprint density at radius 3 is 2.67 bits per heavy atom. The van der Waals surface area contributed by atoms with E-state index >= 15 is 0 Å². The zero-order chi connectivity index (χ0) is 17.5. The van der Waals surface area contributed by atoms with Crippen LogP contribution < -0.4 is 10.2 Å². The molecular weight excluding hydrogens is 322 g/mol. The fraction of sp³-hybridized carbons (Fsp3) is 0.333. The second kappa shape index (κ2) is 8.48. The zero-order valence-corrected chi connectivity index (χ0v) is 14.7. The number of carbonyl (C=O) groups is 1. The van der Waals surface area contributed by atoms with Gasteiger partial charge in [0, 0.05) is 23.7 Å². The number of thiophene rings is 1. The van der Waals surface area contributed by atoms with Gasteiger partial charge in [0.2, 0.25) is 5.91 Å². The van der Waals surface area contributed by atoms with Gasteiger partial charge < -0.3 is 15.3 Å². The molecule has 0 radical (unpaired) electrons. The fourth-order valence-electron chi connectivity index (χ4n) is 2.39. The van der Waals surface area contributed by atoms with Gasteiger partial charge in [-0.1, -0.05) is 18.2 Å². The van der Waals surface area contributed by atoms with Crippen LogP contribution in [0.5, 0.6) is 0 Å². The molecule has 2 rings (SSSR count). The van der Waals surface area contributed by atoms with Crippen LogP contribution >= 0.6 is 11.3 Å². The number of amides is 1. The molecule has 5 nitrogen and oxygen atoms in total. The molecule has 1 amide bonds. The van der Waals surface area contributed by atoms with Gasteiger partial charge in [-0.05, 0) is 38.0 Å². The molecule has 0 atom stereocenters. The number of aliphatic hydroxyl groups is 1. The molecule has 0 fully saturated rings. The highest BCUT2D eigenvalue weighted by Gasteiger charge is 2.17. The molecule has 2 aromatic rings. The van der Waals surface area contributed by atoms with E-state index in [9.17, 15) is 10.1 Å². The minimum absolute atomic E-state index is 0.0762. The SMILES string of the molecule is Cc1sc(NC(=O)CN(CCCO)c2ccccc2)c(C#N)c1C. The van der Waals surface area contributed by atoms with Gasteiger partial charge in [0.1, 0.15) is 11.1 Å². The van der Waals surface area contributed by atoms with E-state index in [1.807, 2.05) is 49.1 Å². The number of hydrogen-bond acceptors (Lipinski definition) is 5. The van der Waals surface area contributed by atoms with E-state index in [0.717, 1.165) is 16.1 Å². The average Bonchev–Trinajstić information content (AvgIpc) is 2.85. The molecule has 1 heterocycles. The predicted octanol–water partition coefficient (Wildman–Crippen LogP) is 3.06. The summed E-state index contributed by atoms with van der Waals surface area (Å²) in [5.41, 5.74) is 2.38. The molecule has 126 valence electrons. The largest absolute Gasteiger partial charge is 0.396 e. The second-order valence-electron chi connectivity index (χ2n) is 5.48. The number of aryl methyl sites for hydroxylation is 1. The maximum Gasteiger partial charge on any atom is 0.244 e. The van der Waals surface area contributed by atoms with Crippen molar-refractivity contribution in [1.29, 1.82) is 5.26 Å². The Labute approximate surface area is 146 Å². The number of para-hydroxylation sites is 1. The van der Waals surface area contributed by atoms with Crippen LogP contribution in [0, 0.1) is 25.2 Å². The van der Waals surface area contributed by atoms with Crippen molar-refractivity contribution in [2.75, 3.05) is 29.9 Å². The van der Waals surface area contributed by atoms with Gasteiger partial charge >= 0.3 is 0 Å². The van der Waals surface area contributed by atoms with Gasteiger partial charge in [-0.15, -0.1) is 11.3 Å². The van der Waals surface area contributed by atoms with Gasteiger partial charge in [0.05, 0.1) is 12.1 Å². The van der Waals surface area contributed by atoms with Crippen LogP contribution in [0.15, 0.2) is 30.3 Å². The van der Waals surface area contributed by atoms with Gasteiger partial charge in [0.15, 0.2) is 0 Å². The third-order valence-corrected chi connectivity index (χ3v) is 4.91. The van der Waals surface area contributed by atoms with Crippen molar-refractivity contribution in [3.63, 3.8) is 0 Å². The van der Waals surface area contributed by atoms with Crippen molar-refractivity contribution in [2.45, 2.75) is 20.3 Å². The van der Waals surface area contributed by atoms with Crippen molar-refractivity contribution in [1.82, 2.24) is 0 Å². The first-order valence-electron chi connectivity index (χ1n) is 7.77. The van der Waals surface area contributed by atoms with E-state index in [4.69, 9.17) is 5.11 Å². The molecule has 6 heteroatoms. The number of carbonyl (C=O) groups excluding carboxylic acids is 1. The molecule has 0 saturated carbocycles. The van der Waals surface area contributed by atoms with Crippen molar-refractivity contribution in [3.8, 4) is 6.07 Å². The molecule has 0 aliphatic carbocycles. The number of rotatable bonds is 7. The zero-order valence-electron chi connectivity index (χ0n) is 13.9. The van der Waals surface area contributed by atoms with Gasteiger partial charge in [-0.3, -0.25) is 4.79 Å². The molecule has 24 heavy (non-hydrogen) atoms. The Bertz CT molecular complexity index is 735. The van der Waals surface area contributed by atoms with E-state index in [-0.39, 0.29) is 19.1 Å². The van der Waals surface area contributed by atoms with Gasteiger partial charge in [-0.2, -0.15) is 5.26 Å².